The molecule has 1 amide bonds. The van der Waals surface area contributed by atoms with Crippen molar-refractivity contribution in [1.82, 2.24) is 20.3 Å². The van der Waals surface area contributed by atoms with Crippen LogP contribution in [0.1, 0.15) is 40.5 Å². The maximum atomic E-state index is 12.5. The molecule has 0 aromatic carbocycles. The number of aromatic amines is 1. The first kappa shape index (κ1) is 16.0. The first-order chi connectivity index (χ1) is 12.2. The minimum atomic E-state index is -0.397. The average molecular weight is 340 g/mol. The van der Waals surface area contributed by atoms with E-state index >= 15 is 0 Å². The van der Waals surface area contributed by atoms with Crippen LogP contribution in [0.15, 0.2) is 35.5 Å². The Morgan fingerprint density at radius 3 is 2.80 bits per heavy atom. The van der Waals surface area contributed by atoms with E-state index in [9.17, 15) is 9.59 Å². The molecule has 0 radical (unpaired) electrons. The molecule has 0 unspecified atom stereocenters. The van der Waals surface area contributed by atoms with Gasteiger partial charge in [-0.2, -0.15) is 0 Å². The maximum absolute atomic E-state index is 12.5. The number of carbonyl (C=O) groups is 1. The van der Waals surface area contributed by atoms with Gasteiger partial charge < -0.3 is 15.0 Å². The van der Waals surface area contributed by atoms with Gasteiger partial charge in [0, 0.05) is 30.4 Å². The average Bonchev–Trinajstić information content (AvgIpc) is 3.38. The number of carbonyl (C=O) groups excluding carboxylic acids is 1. The van der Waals surface area contributed by atoms with Crippen LogP contribution in [-0.4, -0.2) is 40.1 Å². The predicted octanol–water partition coefficient (Wildman–Crippen LogP) is 1.03. The van der Waals surface area contributed by atoms with Gasteiger partial charge in [0.05, 0.1) is 19.3 Å². The van der Waals surface area contributed by atoms with Gasteiger partial charge in [-0.3, -0.25) is 14.6 Å². The van der Waals surface area contributed by atoms with E-state index in [1.165, 1.54) is 6.20 Å². The molecule has 1 aliphatic heterocycles. The van der Waals surface area contributed by atoms with Crippen LogP contribution in [0.2, 0.25) is 0 Å². The minimum absolute atomic E-state index is 0.0546. The van der Waals surface area contributed by atoms with Gasteiger partial charge in [0.1, 0.15) is 11.4 Å². The Balaban J connectivity index is 1.43. The molecular weight excluding hydrogens is 320 g/mol. The molecule has 3 heterocycles. The highest BCUT2D eigenvalue weighted by Gasteiger charge is 2.31. The lowest BCUT2D eigenvalue weighted by Crippen LogP contribution is -2.42. The molecule has 7 nitrogen and oxygen atoms in total. The van der Waals surface area contributed by atoms with Crippen LogP contribution < -0.4 is 10.9 Å². The summed E-state index contributed by atoms with van der Waals surface area (Å²) in [5.74, 6) is 0.801. The van der Waals surface area contributed by atoms with Gasteiger partial charge in [0.25, 0.3) is 11.5 Å². The number of amides is 1. The molecule has 2 fully saturated rings. The van der Waals surface area contributed by atoms with E-state index in [1.54, 1.807) is 12.4 Å². The largest absolute Gasteiger partial charge is 0.379 e. The van der Waals surface area contributed by atoms with Crippen molar-refractivity contribution in [2.24, 2.45) is 5.92 Å². The van der Waals surface area contributed by atoms with Crippen LogP contribution >= 0.6 is 0 Å². The van der Waals surface area contributed by atoms with Crippen molar-refractivity contribution in [2.45, 2.75) is 31.2 Å². The summed E-state index contributed by atoms with van der Waals surface area (Å²) in [7, 11) is 0. The third-order valence-corrected chi connectivity index (χ3v) is 4.79. The van der Waals surface area contributed by atoms with Crippen molar-refractivity contribution in [3.8, 4) is 0 Å². The molecule has 1 saturated carbocycles. The standard InChI is InChI=1S/C18H20N4O3/c23-17(14-8-20-16(12-1-2-12)22-18(14)24)21-15-10-25-9-13(15)7-11-3-5-19-6-4-11/h3-6,8,12-13,15H,1-2,7,9-10H2,(H,21,23)(H,20,22,24)/t13-,15-/m1/s1. The molecule has 2 aromatic heterocycles. The van der Waals surface area contributed by atoms with E-state index in [1.807, 2.05) is 12.1 Å². The number of hydrogen-bond acceptors (Lipinski definition) is 5. The van der Waals surface area contributed by atoms with E-state index in [2.05, 4.69) is 20.3 Å². The monoisotopic (exact) mass is 340 g/mol. The molecule has 2 N–H and O–H groups in total. The van der Waals surface area contributed by atoms with Crippen molar-refractivity contribution >= 4 is 5.91 Å². The summed E-state index contributed by atoms with van der Waals surface area (Å²) in [4.78, 5) is 35.6. The Hall–Kier alpha value is -2.54. The highest BCUT2D eigenvalue weighted by Crippen LogP contribution is 2.37. The number of rotatable bonds is 5. The van der Waals surface area contributed by atoms with Crippen molar-refractivity contribution < 1.29 is 9.53 Å². The lowest BCUT2D eigenvalue weighted by molar-refractivity contribution is 0.0923. The minimum Gasteiger partial charge on any atom is -0.379 e. The Morgan fingerprint density at radius 2 is 2.08 bits per heavy atom. The SMILES string of the molecule is O=C(N[C@@H]1COC[C@H]1Cc1ccncc1)c1cnc(C2CC2)[nH]c1=O. The highest BCUT2D eigenvalue weighted by atomic mass is 16.5. The molecular formula is C18H20N4O3. The summed E-state index contributed by atoms with van der Waals surface area (Å²) in [5, 5.41) is 2.93. The fourth-order valence-electron chi connectivity index (χ4n) is 3.16. The zero-order chi connectivity index (χ0) is 17.2. The number of aromatic nitrogens is 3. The van der Waals surface area contributed by atoms with Crippen LogP contribution in [-0.2, 0) is 11.2 Å². The molecule has 2 atom stereocenters. The number of ether oxygens (including phenoxy) is 1. The maximum Gasteiger partial charge on any atom is 0.263 e. The number of nitrogens with one attached hydrogen (secondary N) is 2. The third kappa shape index (κ3) is 3.61. The molecule has 130 valence electrons. The van der Waals surface area contributed by atoms with Gasteiger partial charge in [0.2, 0.25) is 0 Å². The third-order valence-electron chi connectivity index (χ3n) is 4.79. The van der Waals surface area contributed by atoms with E-state index in [0.29, 0.717) is 25.0 Å². The second-order valence-electron chi connectivity index (χ2n) is 6.72. The molecule has 0 spiro atoms. The number of nitrogens with zero attached hydrogens (tertiary/aromatic N) is 2. The summed E-state index contributed by atoms with van der Waals surface area (Å²) in [5.41, 5.74) is 0.830. The summed E-state index contributed by atoms with van der Waals surface area (Å²) >= 11 is 0. The lowest BCUT2D eigenvalue weighted by Gasteiger charge is -2.19. The summed E-state index contributed by atoms with van der Waals surface area (Å²) in [6.45, 7) is 1.04. The summed E-state index contributed by atoms with van der Waals surface area (Å²) in [6, 6.07) is 3.80. The fourth-order valence-corrected chi connectivity index (χ4v) is 3.16. The van der Waals surface area contributed by atoms with Gasteiger partial charge in [-0.25, -0.2) is 4.98 Å². The number of pyridine rings is 1. The van der Waals surface area contributed by atoms with Gasteiger partial charge >= 0.3 is 0 Å². The first-order valence-electron chi connectivity index (χ1n) is 8.57. The Bertz CT molecular complexity index is 817. The van der Waals surface area contributed by atoms with Crippen molar-refractivity contribution in [1.29, 1.82) is 0 Å². The topological polar surface area (TPSA) is 97.0 Å². The molecule has 25 heavy (non-hydrogen) atoms. The van der Waals surface area contributed by atoms with Crippen molar-refractivity contribution in [3.63, 3.8) is 0 Å². The van der Waals surface area contributed by atoms with Crippen LogP contribution in [0.3, 0.4) is 0 Å². The molecule has 7 heteroatoms. The Labute approximate surface area is 144 Å². The smallest absolute Gasteiger partial charge is 0.263 e. The fraction of sp³-hybridized carbons (Fsp3) is 0.444. The highest BCUT2D eigenvalue weighted by molar-refractivity contribution is 5.93. The van der Waals surface area contributed by atoms with Crippen molar-refractivity contribution in [2.75, 3.05) is 13.2 Å². The predicted molar refractivity (Wildman–Crippen MR) is 90.3 cm³/mol. The van der Waals surface area contributed by atoms with E-state index < -0.39 is 5.91 Å². The second kappa shape index (κ2) is 6.76. The van der Waals surface area contributed by atoms with E-state index in [-0.39, 0.29) is 23.1 Å². The van der Waals surface area contributed by atoms with Gasteiger partial charge in [-0.15, -0.1) is 0 Å². The molecule has 4 rings (SSSR count). The molecule has 1 aliphatic carbocycles. The lowest BCUT2D eigenvalue weighted by atomic mass is 9.95. The molecule has 2 aromatic rings. The quantitative estimate of drug-likeness (QED) is 0.847. The van der Waals surface area contributed by atoms with Gasteiger partial charge in [-0.05, 0) is 37.0 Å². The van der Waals surface area contributed by atoms with Gasteiger partial charge in [0.15, 0.2) is 0 Å². The Kier molecular flexibility index (Phi) is 4.31. The van der Waals surface area contributed by atoms with E-state index in [4.69, 9.17) is 4.74 Å². The van der Waals surface area contributed by atoms with Crippen LogP contribution in [0.5, 0.6) is 0 Å². The molecule has 0 bridgehead atoms. The van der Waals surface area contributed by atoms with Gasteiger partial charge in [-0.1, -0.05) is 0 Å². The normalized spacial score (nSPS) is 22.7. The van der Waals surface area contributed by atoms with Crippen LogP contribution in [0.4, 0.5) is 0 Å². The van der Waals surface area contributed by atoms with Crippen molar-refractivity contribution in [3.05, 3.63) is 58.0 Å². The molecule has 1 saturated heterocycles. The van der Waals surface area contributed by atoms with E-state index in [0.717, 1.165) is 24.8 Å². The summed E-state index contributed by atoms with van der Waals surface area (Å²) < 4.78 is 5.54. The van der Waals surface area contributed by atoms with Crippen LogP contribution in [0, 0.1) is 5.92 Å². The zero-order valence-corrected chi connectivity index (χ0v) is 13.8. The zero-order valence-electron chi connectivity index (χ0n) is 13.8. The number of hydrogen-bond donors (Lipinski definition) is 2. The summed E-state index contributed by atoms with van der Waals surface area (Å²) in [6.07, 6.45) is 7.78. The second-order valence-corrected chi connectivity index (χ2v) is 6.72. The number of H-pyrrole nitrogens is 1. The van der Waals surface area contributed by atoms with Crippen LogP contribution in [0.25, 0.3) is 0 Å². The Morgan fingerprint density at radius 1 is 1.28 bits per heavy atom. The molecule has 2 aliphatic rings. The first-order valence-corrected chi connectivity index (χ1v) is 8.57.